The molecule has 2 aromatic rings. The summed E-state index contributed by atoms with van der Waals surface area (Å²) in [5, 5.41) is 5.36. The number of likely N-dealkylation sites (tertiary alicyclic amines) is 1. The monoisotopic (exact) mass is 330 g/mol. The first kappa shape index (κ1) is 15.9. The molecule has 0 radical (unpaired) electrons. The van der Waals surface area contributed by atoms with Crippen LogP contribution >= 0.6 is 11.6 Å². The van der Waals surface area contributed by atoms with Crippen LogP contribution in [0.15, 0.2) is 35.4 Å². The van der Waals surface area contributed by atoms with Gasteiger partial charge in [-0.3, -0.25) is 9.69 Å². The Balaban J connectivity index is 1.61. The number of nitrogens with zero attached hydrogens (tertiary/aromatic N) is 3. The zero-order chi connectivity index (χ0) is 16.1. The van der Waals surface area contributed by atoms with E-state index in [0.29, 0.717) is 17.3 Å². The van der Waals surface area contributed by atoms with Crippen molar-refractivity contribution in [3.05, 3.63) is 41.0 Å². The number of fused-ring (bicyclic) bond motifs is 1. The van der Waals surface area contributed by atoms with Gasteiger partial charge in [0.1, 0.15) is 5.15 Å². The Morgan fingerprint density at radius 1 is 1.30 bits per heavy atom. The Bertz CT molecular complexity index is 726. The Hall–Kier alpha value is -1.98. The van der Waals surface area contributed by atoms with Crippen molar-refractivity contribution in [3.8, 4) is 0 Å². The maximum Gasteiger partial charge on any atom is 0.254 e. The number of para-hydroxylation sites is 1. The first-order valence-corrected chi connectivity index (χ1v) is 8.20. The minimum atomic E-state index is -0.104. The lowest BCUT2D eigenvalue weighted by molar-refractivity contribution is -0.122. The van der Waals surface area contributed by atoms with Crippen LogP contribution in [0.3, 0.4) is 0 Å². The second-order valence-electron chi connectivity index (χ2n) is 5.69. The van der Waals surface area contributed by atoms with E-state index < -0.39 is 0 Å². The van der Waals surface area contributed by atoms with Crippen molar-refractivity contribution in [3.63, 3.8) is 0 Å². The second kappa shape index (κ2) is 7.53. The molecule has 0 spiro atoms. The number of hydrogen-bond donors (Lipinski definition) is 1. The third kappa shape index (κ3) is 4.27. The Kier molecular flexibility index (Phi) is 5.20. The zero-order valence-electron chi connectivity index (χ0n) is 12.8. The zero-order valence-corrected chi connectivity index (χ0v) is 13.6. The van der Waals surface area contributed by atoms with E-state index in [1.807, 2.05) is 30.3 Å². The average Bonchev–Trinajstić information content (AvgIpc) is 2.56. The lowest BCUT2D eigenvalue weighted by atomic mass is 10.1. The Morgan fingerprint density at radius 3 is 2.91 bits per heavy atom. The van der Waals surface area contributed by atoms with Gasteiger partial charge in [-0.1, -0.05) is 36.2 Å². The second-order valence-corrected chi connectivity index (χ2v) is 6.05. The molecule has 0 atom stereocenters. The molecule has 0 saturated carbocycles. The Labute approximate surface area is 140 Å². The van der Waals surface area contributed by atoms with Crippen molar-refractivity contribution in [2.75, 3.05) is 19.6 Å². The summed E-state index contributed by atoms with van der Waals surface area (Å²) in [4.78, 5) is 18.4. The third-order valence-electron chi connectivity index (χ3n) is 3.91. The van der Waals surface area contributed by atoms with E-state index in [1.165, 1.54) is 12.6 Å². The van der Waals surface area contributed by atoms with E-state index >= 15 is 0 Å². The van der Waals surface area contributed by atoms with Gasteiger partial charge in [0.25, 0.3) is 5.91 Å². The summed E-state index contributed by atoms with van der Waals surface area (Å²) in [5.41, 5.74) is 4.08. The van der Waals surface area contributed by atoms with Crippen LogP contribution in [-0.4, -0.2) is 41.6 Å². The summed E-state index contributed by atoms with van der Waals surface area (Å²) in [6.07, 6.45) is 5.11. The number of aromatic nitrogens is 1. The molecule has 0 bridgehead atoms. The van der Waals surface area contributed by atoms with Gasteiger partial charge in [0, 0.05) is 10.9 Å². The fourth-order valence-corrected chi connectivity index (χ4v) is 2.92. The van der Waals surface area contributed by atoms with Crippen LogP contribution in [0, 0.1) is 0 Å². The minimum absolute atomic E-state index is 0.104. The number of hydrogen-bond acceptors (Lipinski definition) is 4. The van der Waals surface area contributed by atoms with Gasteiger partial charge in [0.2, 0.25) is 0 Å². The van der Waals surface area contributed by atoms with Gasteiger partial charge >= 0.3 is 0 Å². The van der Waals surface area contributed by atoms with Crippen molar-refractivity contribution in [1.82, 2.24) is 15.3 Å². The molecule has 1 amide bonds. The number of pyridine rings is 1. The number of rotatable bonds is 4. The van der Waals surface area contributed by atoms with Crippen molar-refractivity contribution >= 4 is 34.6 Å². The minimum Gasteiger partial charge on any atom is -0.294 e. The smallest absolute Gasteiger partial charge is 0.254 e. The summed E-state index contributed by atoms with van der Waals surface area (Å²) in [6.45, 7) is 2.36. The lowest BCUT2D eigenvalue weighted by Crippen LogP contribution is -2.38. The van der Waals surface area contributed by atoms with Crippen LogP contribution in [-0.2, 0) is 4.79 Å². The number of hydrazone groups is 1. The van der Waals surface area contributed by atoms with E-state index in [-0.39, 0.29) is 5.91 Å². The molecule has 1 fully saturated rings. The van der Waals surface area contributed by atoms with Crippen LogP contribution < -0.4 is 5.43 Å². The molecule has 5 nitrogen and oxygen atoms in total. The van der Waals surface area contributed by atoms with Gasteiger partial charge in [-0.15, -0.1) is 0 Å². The molecule has 120 valence electrons. The fourth-order valence-electron chi connectivity index (χ4n) is 2.73. The number of amides is 1. The molecule has 1 saturated heterocycles. The number of carbonyl (C=O) groups is 1. The topological polar surface area (TPSA) is 57.6 Å². The van der Waals surface area contributed by atoms with Gasteiger partial charge < -0.3 is 0 Å². The molecule has 1 aromatic heterocycles. The SMILES string of the molecule is O=C(CN1CCCCC1)N/N=C/c1cc2ccccc2nc1Cl. The number of benzene rings is 1. The number of piperidine rings is 1. The van der Waals surface area contributed by atoms with Crippen LogP contribution in [0.2, 0.25) is 5.15 Å². The van der Waals surface area contributed by atoms with E-state index in [1.54, 1.807) is 0 Å². The number of carbonyl (C=O) groups excluding carboxylic acids is 1. The Morgan fingerprint density at radius 2 is 2.09 bits per heavy atom. The molecule has 0 unspecified atom stereocenters. The standard InChI is InChI=1S/C17H19ClN4O/c18-17-14(10-13-6-2-3-7-15(13)20-17)11-19-21-16(23)12-22-8-4-1-5-9-22/h2-3,6-7,10-11H,1,4-5,8-9,12H2,(H,21,23)/b19-11+. The van der Waals surface area contributed by atoms with Gasteiger partial charge in [0.15, 0.2) is 0 Å². The van der Waals surface area contributed by atoms with Crippen molar-refractivity contribution in [2.45, 2.75) is 19.3 Å². The van der Waals surface area contributed by atoms with Crippen LogP contribution in [0.4, 0.5) is 0 Å². The number of halogens is 1. The lowest BCUT2D eigenvalue weighted by Gasteiger charge is -2.25. The van der Waals surface area contributed by atoms with Crippen LogP contribution in [0.1, 0.15) is 24.8 Å². The summed E-state index contributed by atoms with van der Waals surface area (Å²) in [6, 6.07) is 9.64. The molecular weight excluding hydrogens is 312 g/mol. The third-order valence-corrected chi connectivity index (χ3v) is 4.22. The first-order chi connectivity index (χ1) is 11.2. The predicted octanol–water partition coefficient (Wildman–Crippen LogP) is 2.82. The molecule has 1 aromatic carbocycles. The van der Waals surface area contributed by atoms with E-state index in [4.69, 9.17) is 11.6 Å². The molecule has 1 N–H and O–H groups in total. The quantitative estimate of drug-likeness (QED) is 0.533. The van der Waals surface area contributed by atoms with E-state index in [2.05, 4.69) is 20.4 Å². The average molecular weight is 331 g/mol. The highest BCUT2D eigenvalue weighted by Crippen LogP contribution is 2.18. The fraction of sp³-hybridized carbons (Fsp3) is 0.353. The molecule has 3 rings (SSSR count). The normalized spacial score (nSPS) is 16.0. The molecule has 0 aliphatic carbocycles. The maximum atomic E-state index is 11.9. The predicted molar refractivity (Wildman–Crippen MR) is 92.8 cm³/mol. The summed E-state index contributed by atoms with van der Waals surface area (Å²) < 4.78 is 0. The maximum absolute atomic E-state index is 11.9. The number of nitrogens with one attached hydrogen (secondary N) is 1. The molecule has 23 heavy (non-hydrogen) atoms. The molecule has 1 aliphatic rings. The highest BCUT2D eigenvalue weighted by molar-refractivity contribution is 6.32. The summed E-state index contributed by atoms with van der Waals surface area (Å²) >= 11 is 6.15. The van der Waals surface area contributed by atoms with E-state index in [9.17, 15) is 4.79 Å². The van der Waals surface area contributed by atoms with Crippen molar-refractivity contribution < 1.29 is 4.79 Å². The van der Waals surface area contributed by atoms with Crippen molar-refractivity contribution in [1.29, 1.82) is 0 Å². The highest BCUT2D eigenvalue weighted by Gasteiger charge is 2.13. The van der Waals surface area contributed by atoms with Crippen LogP contribution in [0.25, 0.3) is 10.9 Å². The summed E-state index contributed by atoms with van der Waals surface area (Å²) in [7, 11) is 0. The van der Waals surface area contributed by atoms with Crippen molar-refractivity contribution in [2.24, 2.45) is 5.10 Å². The largest absolute Gasteiger partial charge is 0.294 e. The van der Waals surface area contributed by atoms with E-state index in [0.717, 1.165) is 36.8 Å². The molecular formula is C17H19ClN4O. The molecule has 2 heterocycles. The van der Waals surface area contributed by atoms with Gasteiger partial charge in [-0.25, -0.2) is 10.4 Å². The van der Waals surface area contributed by atoms with Gasteiger partial charge in [-0.05, 0) is 38.1 Å². The first-order valence-electron chi connectivity index (χ1n) is 7.82. The van der Waals surface area contributed by atoms with Gasteiger partial charge in [-0.2, -0.15) is 5.10 Å². The molecule has 6 heteroatoms. The highest BCUT2D eigenvalue weighted by atomic mass is 35.5. The van der Waals surface area contributed by atoms with Crippen LogP contribution in [0.5, 0.6) is 0 Å². The summed E-state index contributed by atoms with van der Waals surface area (Å²) in [5.74, 6) is -0.104. The molecule has 1 aliphatic heterocycles. The van der Waals surface area contributed by atoms with Gasteiger partial charge in [0.05, 0.1) is 18.3 Å².